The number of rotatable bonds is 10. The molecule has 142 valence electrons. The van der Waals surface area contributed by atoms with E-state index in [0.29, 0.717) is 25.6 Å². The van der Waals surface area contributed by atoms with E-state index in [0.717, 1.165) is 19.6 Å². The highest BCUT2D eigenvalue weighted by Crippen LogP contribution is 2.07. The van der Waals surface area contributed by atoms with Gasteiger partial charge in [0.05, 0.1) is 12.3 Å². The molecule has 1 aliphatic rings. The maximum atomic E-state index is 12.2. The number of nitrogens with zero attached hydrogens (tertiary/aromatic N) is 3. The van der Waals surface area contributed by atoms with Crippen molar-refractivity contribution in [2.45, 2.75) is 40.0 Å². The van der Waals surface area contributed by atoms with Gasteiger partial charge in [-0.3, -0.25) is 4.99 Å². The molecule has 0 bridgehead atoms. The normalized spacial score (nSPS) is 17.2. The van der Waals surface area contributed by atoms with Crippen molar-refractivity contribution in [3.63, 3.8) is 0 Å². The molecule has 0 aliphatic carbocycles. The molecule has 1 rings (SSSR count). The van der Waals surface area contributed by atoms with Gasteiger partial charge < -0.3 is 15.5 Å². The smallest absolute Gasteiger partial charge is 0.215 e. The van der Waals surface area contributed by atoms with Crippen LogP contribution in [-0.2, 0) is 10.0 Å². The van der Waals surface area contributed by atoms with Crippen molar-refractivity contribution in [2.24, 2.45) is 4.99 Å². The molecule has 2 N–H and O–H groups in total. The number of piperidine rings is 1. The minimum absolute atomic E-state index is 0.0885. The molecule has 0 radical (unpaired) electrons. The Kier molecular flexibility index (Phi) is 10.3. The highest BCUT2D eigenvalue weighted by atomic mass is 32.2. The summed E-state index contributed by atoms with van der Waals surface area (Å²) in [6, 6.07) is 0. The molecule has 24 heavy (non-hydrogen) atoms. The molecule has 7 nitrogen and oxygen atoms in total. The van der Waals surface area contributed by atoms with Crippen LogP contribution in [0, 0.1) is 0 Å². The second kappa shape index (κ2) is 11.7. The Bertz CT molecular complexity index is 457. The number of hydrogen-bond acceptors (Lipinski definition) is 4. The molecule has 0 atom stereocenters. The minimum Gasteiger partial charge on any atom is -0.357 e. The Labute approximate surface area is 147 Å². The molecule has 0 unspecified atom stereocenters. The summed E-state index contributed by atoms with van der Waals surface area (Å²) in [4.78, 5) is 7.00. The van der Waals surface area contributed by atoms with Gasteiger partial charge in [-0.25, -0.2) is 12.7 Å². The van der Waals surface area contributed by atoms with Crippen molar-refractivity contribution in [1.29, 1.82) is 0 Å². The topological polar surface area (TPSA) is 77.0 Å². The second-order valence-corrected chi connectivity index (χ2v) is 8.08. The summed E-state index contributed by atoms with van der Waals surface area (Å²) in [5.74, 6) is 0.787. The van der Waals surface area contributed by atoms with Gasteiger partial charge in [-0.1, -0.05) is 20.3 Å². The molecular weight excluding hydrogens is 326 g/mol. The molecule has 0 aromatic carbocycles. The SMILES string of the molecule is CCNC(=NCCN1CCCCC1)NCCS(=O)(=O)N(CC)CC. The second-order valence-electron chi connectivity index (χ2n) is 5.99. The Morgan fingerprint density at radius 3 is 2.33 bits per heavy atom. The Hall–Kier alpha value is -0.860. The van der Waals surface area contributed by atoms with Crippen molar-refractivity contribution in [1.82, 2.24) is 19.8 Å². The average molecular weight is 362 g/mol. The van der Waals surface area contributed by atoms with Gasteiger partial charge in [0.15, 0.2) is 5.96 Å². The predicted octanol–water partition coefficient (Wildman–Crippen LogP) is 0.699. The van der Waals surface area contributed by atoms with Crippen LogP contribution in [0.5, 0.6) is 0 Å². The summed E-state index contributed by atoms with van der Waals surface area (Å²) in [5.41, 5.74) is 0. The van der Waals surface area contributed by atoms with Crippen LogP contribution in [0.2, 0.25) is 0 Å². The van der Waals surface area contributed by atoms with Gasteiger partial charge >= 0.3 is 0 Å². The maximum Gasteiger partial charge on any atom is 0.215 e. The third-order valence-corrected chi connectivity index (χ3v) is 6.25. The predicted molar refractivity (Wildman–Crippen MR) is 101 cm³/mol. The summed E-state index contributed by atoms with van der Waals surface area (Å²) in [6.45, 7) is 11.9. The molecule has 0 spiro atoms. The zero-order chi connectivity index (χ0) is 17.8. The van der Waals surface area contributed by atoms with Crippen LogP contribution in [0.4, 0.5) is 0 Å². The largest absolute Gasteiger partial charge is 0.357 e. The van der Waals surface area contributed by atoms with Crippen LogP contribution in [-0.4, -0.2) is 81.7 Å². The van der Waals surface area contributed by atoms with Crippen molar-refractivity contribution in [2.75, 3.05) is 58.1 Å². The van der Waals surface area contributed by atoms with Gasteiger partial charge in [0.25, 0.3) is 0 Å². The van der Waals surface area contributed by atoms with E-state index in [-0.39, 0.29) is 5.75 Å². The number of hydrogen-bond donors (Lipinski definition) is 2. The third kappa shape index (κ3) is 7.81. The lowest BCUT2D eigenvalue weighted by Crippen LogP contribution is -2.42. The Morgan fingerprint density at radius 2 is 1.75 bits per heavy atom. The summed E-state index contributed by atoms with van der Waals surface area (Å²) < 4.78 is 25.8. The lowest BCUT2D eigenvalue weighted by atomic mass is 10.1. The van der Waals surface area contributed by atoms with E-state index in [2.05, 4.69) is 20.5 Å². The first-order valence-corrected chi connectivity index (χ1v) is 10.9. The highest BCUT2D eigenvalue weighted by molar-refractivity contribution is 7.89. The van der Waals surface area contributed by atoms with Gasteiger partial charge in [0.1, 0.15) is 0 Å². The van der Waals surface area contributed by atoms with Gasteiger partial charge in [-0.2, -0.15) is 0 Å². The first-order valence-electron chi connectivity index (χ1n) is 9.25. The quantitative estimate of drug-likeness (QED) is 0.442. The number of sulfonamides is 1. The van der Waals surface area contributed by atoms with Crippen molar-refractivity contribution < 1.29 is 8.42 Å². The van der Waals surface area contributed by atoms with E-state index in [1.807, 2.05) is 20.8 Å². The van der Waals surface area contributed by atoms with Crippen LogP contribution >= 0.6 is 0 Å². The van der Waals surface area contributed by atoms with Gasteiger partial charge in [-0.15, -0.1) is 0 Å². The van der Waals surface area contributed by atoms with Crippen LogP contribution in [0.1, 0.15) is 40.0 Å². The molecule has 0 saturated carbocycles. The lowest BCUT2D eigenvalue weighted by Gasteiger charge is -2.25. The molecule has 8 heteroatoms. The van der Waals surface area contributed by atoms with E-state index < -0.39 is 10.0 Å². The van der Waals surface area contributed by atoms with Crippen molar-refractivity contribution >= 4 is 16.0 Å². The van der Waals surface area contributed by atoms with Gasteiger partial charge in [0.2, 0.25) is 10.0 Å². The van der Waals surface area contributed by atoms with Crippen LogP contribution in [0.25, 0.3) is 0 Å². The van der Waals surface area contributed by atoms with Gasteiger partial charge in [-0.05, 0) is 32.9 Å². The van der Waals surface area contributed by atoms with E-state index >= 15 is 0 Å². The molecule has 1 heterocycles. The minimum atomic E-state index is -3.19. The maximum absolute atomic E-state index is 12.2. The standard InChI is InChI=1S/C16H35N5O2S/c1-4-17-16(18-10-14-20-12-8-7-9-13-20)19-11-15-24(22,23)21(5-2)6-3/h4-15H2,1-3H3,(H2,17,18,19). The monoisotopic (exact) mass is 361 g/mol. The number of likely N-dealkylation sites (tertiary alicyclic amines) is 1. The van der Waals surface area contributed by atoms with Crippen LogP contribution in [0.3, 0.4) is 0 Å². The molecule has 0 aromatic heterocycles. The van der Waals surface area contributed by atoms with Crippen LogP contribution < -0.4 is 10.6 Å². The molecule has 0 aromatic rings. The van der Waals surface area contributed by atoms with Crippen molar-refractivity contribution in [3.8, 4) is 0 Å². The first kappa shape index (κ1) is 21.2. The molecular formula is C16H35N5O2S. The summed E-state index contributed by atoms with van der Waals surface area (Å²) in [5, 5.41) is 6.31. The van der Waals surface area contributed by atoms with Crippen molar-refractivity contribution in [3.05, 3.63) is 0 Å². The van der Waals surface area contributed by atoms with Gasteiger partial charge in [0, 0.05) is 32.7 Å². The third-order valence-electron chi connectivity index (χ3n) is 4.23. The Morgan fingerprint density at radius 1 is 1.08 bits per heavy atom. The fourth-order valence-corrected chi connectivity index (χ4v) is 4.28. The number of aliphatic imine (C=N–C) groups is 1. The molecule has 1 saturated heterocycles. The fraction of sp³-hybridized carbons (Fsp3) is 0.938. The molecule has 1 aliphatic heterocycles. The zero-order valence-corrected chi connectivity index (χ0v) is 16.4. The fourth-order valence-electron chi connectivity index (χ4n) is 2.87. The number of nitrogens with one attached hydrogen (secondary N) is 2. The van der Waals surface area contributed by atoms with E-state index in [4.69, 9.17) is 0 Å². The Balaban J connectivity index is 2.40. The zero-order valence-electron chi connectivity index (χ0n) is 15.6. The first-order chi connectivity index (χ1) is 11.5. The highest BCUT2D eigenvalue weighted by Gasteiger charge is 2.18. The average Bonchev–Trinajstić information content (AvgIpc) is 2.56. The number of guanidine groups is 1. The lowest BCUT2D eigenvalue weighted by molar-refractivity contribution is 0.235. The molecule has 1 fully saturated rings. The summed E-state index contributed by atoms with van der Waals surface area (Å²) >= 11 is 0. The van der Waals surface area contributed by atoms with E-state index in [9.17, 15) is 8.42 Å². The molecule has 0 amide bonds. The van der Waals surface area contributed by atoms with E-state index in [1.165, 1.54) is 36.7 Å². The summed E-state index contributed by atoms with van der Waals surface area (Å²) in [6.07, 6.45) is 3.90. The van der Waals surface area contributed by atoms with E-state index in [1.54, 1.807) is 0 Å². The summed E-state index contributed by atoms with van der Waals surface area (Å²) in [7, 11) is -3.19. The van der Waals surface area contributed by atoms with Crippen LogP contribution in [0.15, 0.2) is 4.99 Å².